The fourth-order valence-electron chi connectivity index (χ4n) is 4.38. The van der Waals surface area contributed by atoms with Gasteiger partial charge in [0.2, 0.25) is 0 Å². The number of carboxylic acid groups (broad SMARTS) is 1. The van der Waals surface area contributed by atoms with Gasteiger partial charge in [0, 0.05) is 31.2 Å². The van der Waals surface area contributed by atoms with Crippen LogP contribution in [0.15, 0.2) is 60.8 Å². The molecule has 0 fully saturated rings. The Morgan fingerprint density at radius 3 is 2.50 bits per heavy atom. The van der Waals surface area contributed by atoms with Crippen LogP contribution in [0.3, 0.4) is 0 Å². The molecule has 0 aliphatic carbocycles. The average molecular weight is 574 g/mol. The normalized spacial score (nSPS) is 11.0. The maximum atomic E-state index is 15.3. The summed E-state index contributed by atoms with van der Waals surface area (Å²) in [5, 5.41) is 18.3. The summed E-state index contributed by atoms with van der Waals surface area (Å²) in [6.45, 7) is 0.423. The van der Waals surface area contributed by atoms with E-state index in [1.165, 1.54) is 43.5 Å². The summed E-state index contributed by atoms with van der Waals surface area (Å²) < 4.78 is 56.6. The van der Waals surface area contributed by atoms with Crippen LogP contribution in [-0.2, 0) is 24.3 Å². The largest absolute Gasteiger partial charge is 0.478 e. The Morgan fingerprint density at radius 1 is 1.00 bits per heavy atom. The van der Waals surface area contributed by atoms with Crippen LogP contribution < -0.4 is 4.74 Å². The van der Waals surface area contributed by atoms with Gasteiger partial charge < -0.3 is 19.1 Å². The van der Waals surface area contributed by atoms with E-state index < -0.39 is 23.4 Å². The molecule has 0 amide bonds. The van der Waals surface area contributed by atoms with Gasteiger partial charge in [0.15, 0.2) is 5.82 Å². The average Bonchev–Trinajstić information content (AvgIpc) is 3.33. The van der Waals surface area contributed by atoms with Gasteiger partial charge in [-0.05, 0) is 42.0 Å². The lowest BCUT2D eigenvalue weighted by molar-refractivity contribution is 0.0697. The molecule has 0 aliphatic rings. The molecule has 5 rings (SSSR count). The monoisotopic (exact) mass is 573 g/mol. The number of fused-ring (bicyclic) bond motifs is 1. The molecular weight excluding hydrogens is 551 g/mol. The molecule has 2 heterocycles. The van der Waals surface area contributed by atoms with E-state index in [9.17, 15) is 18.7 Å². The summed E-state index contributed by atoms with van der Waals surface area (Å²) in [4.78, 5) is 23.9. The Labute approximate surface area is 237 Å². The highest BCUT2D eigenvalue weighted by atomic mass is 19.1. The van der Waals surface area contributed by atoms with Gasteiger partial charge in [-0.15, -0.1) is 0 Å². The molecule has 5 aromatic rings. The number of carboxylic acids is 1. The Hall–Kier alpha value is -5.28. The van der Waals surface area contributed by atoms with Gasteiger partial charge in [-0.25, -0.2) is 27.9 Å². The first kappa shape index (κ1) is 28.3. The number of nitrogens with zero attached hydrogens (tertiary/aromatic N) is 5. The number of rotatable bonds is 10. The van der Waals surface area contributed by atoms with Crippen LogP contribution in [0.2, 0.25) is 0 Å². The van der Waals surface area contributed by atoms with Crippen LogP contribution >= 0.6 is 0 Å². The second-order valence-electron chi connectivity index (χ2n) is 9.22. The second kappa shape index (κ2) is 12.1. The van der Waals surface area contributed by atoms with Crippen LogP contribution in [0.25, 0.3) is 22.3 Å². The number of hydrogen-bond acceptors (Lipinski definition) is 7. The molecule has 0 aliphatic heterocycles. The number of halogens is 3. The van der Waals surface area contributed by atoms with E-state index in [-0.39, 0.29) is 52.5 Å². The summed E-state index contributed by atoms with van der Waals surface area (Å²) in [7, 11) is 1.54. The number of aromatic carboxylic acids is 1. The number of carbonyl (C=O) groups is 1. The molecule has 0 saturated carbocycles. The highest BCUT2D eigenvalue weighted by Gasteiger charge is 2.18. The first-order valence-corrected chi connectivity index (χ1v) is 12.6. The van der Waals surface area contributed by atoms with Crippen molar-refractivity contribution in [2.24, 2.45) is 0 Å². The zero-order valence-electron chi connectivity index (χ0n) is 22.1. The Morgan fingerprint density at radius 2 is 1.79 bits per heavy atom. The Bertz CT molecular complexity index is 1850. The fourth-order valence-corrected chi connectivity index (χ4v) is 4.38. The van der Waals surface area contributed by atoms with Gasteiger partial charge in [0.1, 0.15) is 29.8 Å². The zero-order chi connectivity index (χ0) is 29.8. The third kappa shape index (κ3) is 5.91. The van der Waals surface area contributed by atoms with Crippen molar-refractivity contribution in [1.82, 2.24) is 19.5 Å². The minimum Gasteiger partial charge on any atom is -0.478 e. The summed E-state index contributed by atoms with van der Waals surface area (Å²) in [5.74, 6) is -2.67. The van der Waals surface area contributed by atoms with E-state index in [0.717, 1.165) is 18.3 Å². The highest BCUT2D eigenvalue weighted by molar-refractivity contribution is 5.92. The molecule has 1 N–H and O–H groups in total. The molecule has 0 spiro atoms. The maximum Gasteiger partial charge on any atom is 0.335 e. The Kier molecular flexibility index (Phi) is 8.12. The molecule has 3 aromatic carbocycles. The second-order valence-corrected chi connectivity index (χ2v) is 9.22. The third-order valence-electron chi connectivity index (χ3n) is 6.53. The van der Waals surface area contributed by atoms with Crippen LogP contribution in [0.5, 0.6) is 6.01 Å². The van der Waals surface area contributed by atoms with Gasteiger partial charge in [-0.1, -0.05) is 18.2 Å². The molecule has 2 aromatic heterocycles. The maximum absolute atomic E-state index is 15.3. The van der Waals surface area contributed by atoms with E-state index in [4.69, 9.17) is 14.7 Å². The molecule has 0 bridgehead atoms. The molecule has 12 heteroatoms. The van der Waals surface area contributed by atoms with Crippen molar-refractivity contribution in [2.75, 3.05) is 13.7 Å². The quantitative estimate of drug-likeness (QED) is 0.239. The van der Waals surface area contributed by atoms with Crippen molar-refractivity contribution >= 4 is 17.0 Å². The number of methoxy groups -OCH3 is 1. The summed E-state index contributed by atoms with van der Waals surface area (Å²) in [6.07, 6.45) is 0.950. The predicted molar refractivity (Wildman–Crippen MR) is 144 cm³/mol. The van der Waals surface area contributed by atoms with E-state index >= 15 is 4.39 Å². The smallest absolute Gasteiger partial charge is 0.335 e. The van der Waals surface area contributed by atoms with E-state index in [0.29, 0.717) is 30.0 Å². The summed E-state index contributed by atoms with van der Waals surface area (Å²) in [5.41, 5.74) is 1.73. The number of imidazole rings is 1. The number of ether oxygens (including phenoxy) is 2. The van der Waals surface area contributed by atoms with E-state index in [1.54, 1.807) is 10.6 Å². The van der Waals surface area contributed by atoms with E-state index in [1.807, 2.05) is 6.07 Å². The zero-order valence-corrected chi connectivity index (χ0v) is 22.1. The minimum atomic E-state index is -1.08. The van der Waals surface area contributed by atoms with Crippen LogP contribution in [0.4, 0.5) is 13.2 Å². The van der Waals surface area contributed by atoms with Gasteiger partial charge in [-0.3, -0.25) is 0 Å². The van der Waals surface area contributed by atoms with Crippen LogP contribution in [-0.4, -0.2) is 44.3 Å². The summed E-state index contributed by atoms with van der Waals surface area (Å²) >= 11 is 0. The van der Waals surface area contributed by atoms with Crippen molar-refractivity contribution in [3.8, 4) is 23.3 Å². The standard InChI is InChI=1S/C30H22F3N5O4/c1-41-9-8-38-26-12-20(29(39)40)6-7-25(26)36-27(38)13-18-4-5-19(11-23(18)32)28-24(33)15-35-30(37-28)42-16-21-3-2-17(14-34)10-22(21)31/h2-7,10-12,15H,8-9,13,16H2,1H3,(H,39,40). The molecule has 0 unspecified atom stereocenters. The van der Waals surface area contributed by atoms with Gasteiger partial charge in [0.25, 0.3) is 0 Å². The molecule has 0 saturated heterocycles. The SMILES string of the molecule is COCCn1c(Cc2ccc(-c3nc(OCc4ccc(C#N)cc4F)ncc3F)cc2F)nc2ccc(C(=O)O)cc21. The van der Waals surface area contributed by atoms with Crippen molar-refractivity contribution in [1.29, 1.82) is 5.26 Å². The Balaban J connectivity index is 1.39. The molecular formula is C30H22F3N5O4. The summed E-state index contributed by atoms with van der Waals surface area (Å²) in [6, 6.07) is 14.2. The van der Waals surface area contributed by atoms with Gasteiger partial charge in [0.05, 0.1) is 41.0 Å². The van der Waals surface area contributed by atoms with Crippen molar-refractivity contribution in [3.63, 3.8) is 0 Å². The predicted octanol–water partition coefficient (Wildman–Crippen LogP) is 5.30. The lowest BCUT2D eigenvalue weighted by Crippen LogP contribution is -2.10. The first-order chi connectivity index (χ1) is 20.3. The molecule has 9 nitrogen and oxygen atoms in total. The van der Waals surface area contributed by atoms with Crippen LogP contribution in [0, 0.1) is 28.8 Å². The van der Waals surface area contributed by atoms with Gasteiger partial charge in [-0.2, -0.15) is 10.2 Å². The molecule has 0 atom stereocenters. The first-order valence-electron chi connectivity index (χ1n) is 12.6. The lowest BCUT2D eigenvalue weighted by Gasteiger charge is -2.11. The fraction of sp³-hybridized carbons (Fsp3) is 0.167. The van der Waals surface area contributed by atoms with Crippen molar-refractivity contribution in [2.45, 2.75) is 19.6 Å². The highest BCUT2D eigenvalue weighted by Crippen LogP contribution is 2.27. The number of aromatic nitrogens is 4. The molecule has 212 valence electrons. The van der Waals surface area contributed by atoms with Crippen LogP contribution in [0.1, 0.15) is 32.9 Å². The number of hydrogen-bond donors (Lipinski definition) is 1. The molecule has 42 heavy (non-hydrogen) atoms. The van der Waals surface area contributed by atoms with Crippen molar-refractivity contribution in [3.05, 3.63) is 106 Å². The van der Waals surface area contributed by atoms with Crippen molar-refractivity contribution < 1.29 is 32.5 Å². The van der Waals surface area contributed by atoms with Gasteiger partial charge >= 0.3 is 12.0 Å². The third-order valence-corrected chi connectivity index (χ3v) is 6.53. The molecule has 0 radical (unpaired) electrons. The topological polar surface area (TPSA) is 123 Å². The van der Waals surface area contributed by atoms with E-state index in [2.05, 4.69) is 15.0 Å². The number of nitriles is 1. The minimum absolute atomic E-state index is 0.0731. The number of benzene rings is 3. The lowest BCUT2D eigenvalue weighted by atomic mass is 10.1.